The van der Waals surface area contributed by atoms with Gasteiger partial charge in [0.2, 0.25) is 5.95 Å². The number of rotatable bonds is 2. The Morgan fingerprint density at radius 1 is 0.818 bits per heavy atom. The first kappa shape index (κ1) is 13.0. The maximum atomic E-state index is 4.64. The van der Waals surface area contributed by atoms with Gasteiger partial charge in [-0.05, 0) is 17.5 Å². The third-order valence-corrected chi connectivity index (χ3v) is 4.00. The predicted octanol–water partition coefficient (Wildman–Crippen LogP) is 3.10. The van der Waals surface area contributed by atoms with Crippen LogP contribution in [0.5, 0.6) is 0 Å². The van der Waals surface area contributed by atoms with Gasteiger partial charge in [-0.15, -0.1) is 0 Å². The van der Waals surface area contributed by atoms with Crippen LogP contribution in [0.25, 0.3) is 11.4 Å². The molecule has 1 aliphatic heterocycles. The molecule has 4 rings (SSSR count). The van der Waals surface area contributed by atoms with Crippen LogP contribution in [0.1, 0.15) is 11.1 Å². The molecule has 0 spiro atoms. The van der Waals surface area contributed by atoms with Crippen molar-refractivity contribution in [1.29, 1.82) is 0 Å². The average molecular weight is 288 g/mol. The topological polar surface area (TPSA) is 41.9 Å². The molecule has 2 aromatic carbocycles. The Hall–Kier alpha value is -2.75. The van der Waals surface area contributed by atoms with Crippen molar-refractivity contribution in [3.63, 3.8) is 0 Å². The summed E-state index contributed by atoms with van der Waals surface area (Å²) in [6.07, 6.45) is 2.63. The molecule has 0 aliphatic carbocycles. The summed E-state index contributed by atoms with van der Waals surface area (Å²) in [5.41, 5.74) is 3.80. The molecule has 0 radical (unpaired) electrons. The molecule has 0 unspecified atom stereocenters. The van der Waals surface area contributed by atoms with Gasteiger partial charge in [0.15, 0.2) is 5.82 Å². The molecular weight excluding hydrogens is 272 g/mol. The van der Waals surface area contributed by atoms with E-state index in [1.54, 1.807) is 6.33 Å². The lowest BCUT2D eigenvalue weighted by Gasteiger charge is -2.28. The monoisotopic (exact) mass is 288 g/mol. The lowest BCUT2D eigenvalue weighted by molar-refractivity contribution is 0.705. The predicted molar refractivity (Wildman–Crippen MR) is 86.5 cm³/mol. The van der Waals surface area contributed by atoms with E-state index < -0.39 is 0 Å². The van der Waals surface area contributed by atoms with Crippen LogP contribution in [0.3, 0.4) is 0 Å². The molecule has 0 atom stereocenters. The van der Waals surface area contributed by atoms with Crippen molar-refractivity contribution in [2.24, 2.45) is 0 Å². The summed E-state index contributed by atoms with van der Waals surface area (Å²) >= 11 is 0. The van der Waals surface area contributed by atoms with E-state index in [0.717, 1.165) is 36.8 Å². The highest BCUT2D eigenvalue weighted by Gasteiger charge is 2.18. The molecule has 1 aromatic heterocycles. The van der Waals surface area contributed by atoms with Crippen molar-refractivity contribution in [1.82, 2.24) is 15.0 Å². The minimum absolute atomic E-state index is 0.726. The van der Waals surface area contributed by atoms with E-state index in [4.69, 9.17) is 0 Å². The summed E-state index contributed by atoms with van der Waals surface area (Å²) in [5, 5.41) is 0. The maximum Gasteiger partial charge on any atom is 0.229 e. The fourth-order valence-electron chi connectivity index (χ4n) is 2.83. The molecule has 2 heterocycles. The van der Waals surface area contributed by atoms with Gasteiger partial charge in [-0.3, -0.25) is 0 Å². The van der Waals surface area contributed by atoms with Crippen molar-refractivity contribution in [3.8, 4) is 11.4 Å². The van der Waals surface area contributed by atoms with E-state index in [-0.39, 0.29) is 0 Å². The Labute approximate surface area is 129 Å². The van der Waals surface area contributed by atoms with Gasteiger partial charge < -0.3 is 4.90 Å². The Bertz CT molecular complexity index is 786. The van der Waals surface area contributed by atoms with Gasteiger partial charge in [-0.25, -0.2) is 9.97 Å². The fourth-order valence-corrected chi connectivity index (χ4v) is 2.83. The first-order valence-electron chi connectivity index (χ1n) is 7.46. The van der Waals surface area contributed by atoms with Crippen molar-refractivity contribution in [2.45, 2.75) is 13.0 Å². The zero-order valence-corrected chi connectivity index (χ0v) is 12.2. The normalized spacial score (nSPS) is 13.7. The highest BCUT2D eigenvalue weighted by molar-refractivity contribution is 5.55. The fraction of sp³-hybridized carbons (Fsp3) is 0.167. The van der Waals surface area contributed by atoms with E-state index in [1.165, 1.54) is 11.1 Å². The van der Waals surface area contributed by atoms with E-state index in [1.807, 2.05) is 30.3 Å². The van der Waals surface area contributed by atoms with Crippen molar-refractivity contribution in [2.75, 3.05) is 11.4 Å². The summed E-state index contributed by atoms with van der Waals surface area (Å²) in [6, 6.07) is 18.6. The van der Waals surface area contributed by atoms with Crippen molar-refractivity contribution >= 4 is 5.95 Å². The van der Waals surface area contributed by atoms with E-state index >= 15 is 0 Å². The van der Waals surface area contributed by atoms with Crippen LogP contribution in [0.15, 0.2) is 60.9 Å². The second-order valence-corrected chi connectivity index (χ2v) is 5.42. The third kappa shape index (κ3) is 2.44. The molecule has 4 nitrogen and oxygen atoms in total. The molecule has 0 bridgehead atoms. The molecule has 0 fully saturated rings. The first-order valence-corrected chi connectivity index (χ1v) is 7.46. The van der Waals surface area contributed by atoms with Crippen LogP contribution in [0, 0.1) is 0 Å². The zero-order valence-electron chi connectivity index (χ0n) is 12.2. The Kier molecular flexibility index (Phi) is 3.27. The zero-order chi connectivity index (χ0) is 14.8. The standard InChI is InChI=1S/C18H16N4/c1-2-7-15(8-3-1)17-19-13-20-18(21-17)22-11-10-14-6-4-5-9-16(14)12-22/h1-9,13H,10-12H2. The molecule has 3 aromatic rings. The molecule has 1 aliphatic rings. The van der Waals surface area contributed by atoms with Gasteiger partial charge >= 0.3 is 0 Å². The summed E-state index contributed by atoms with van der Waals surface area (Å²) in [7, 11) is 0. The van der Waals surface area contributed by atoms with Crippen LogP contribution < -0.4 is 4.90 Å². The Morgan fingerprint density at radius 2 is 1.59 bits per heavy atom. The van der Waals surface area contributed by atoms with Crippen molar-refractivity contribution in [3.05, 3.63) is 72.1 Å². The summed E-state index contributed by atoms with van der Waals surface area (Å²) < 4.78 is 0. The van der Waals surface area contributed by atoms with Gasteiger partial charge in [-0.2, -0.15) is 4.98 Å². The van der Waals surface area contributed by atoms with E-state index in [2.05, 4.69) is 44.1 Å². The second-order valence-electron chi connectivity index (χ2n) is 5.42. The number of benzene rings is 2. The number of aromatic nitrogens is 3. The number of fused-ring (bicyclic) bond motifs is 1. The number of nitrogens with zero attached hydrogens (tertiary/aromatic N) is 4. The second kappa shape index (κ2) is 5.56. The van der Waals surface area contributed by atoms with E-state index in [9.17, 15) is 0 Å². The van der Waals surface area contributed by atoms with Crippen LogP contribution >= 0.6 is 0 Å². The molecule has 4 heteroatoms. The summed E-state index contributed by atoms with van der Waals surface area (Å²) in [5.74, 6) is 1.48. The Morgan fingerprint density at radius 3 is 2.45 bits per heavy atom. The third-order valence-electron chi connectivity index (χ3n) is 4.00. The SMILES string of the molecule is c1ccc(-c2ncnc(N3CCc4ccccc4C3)n2)cc1. The molecular formula is C18H16N4. The smallest absolute Gasteiger partial charge is 0.229 e. The lowest BCUT2D eigenvalue weighted by Crippen LogP contribution is -2.31. The van der Waals surface area contributed by atoms with Crippen LogP contribution in [0.4, 0.5) is 5.95 Å². The van der Waals surface area contributed by atoms with Gasteiger partial charge in [-0.1, -0.05) is 54.6 Å². The first-order chi connectivity index (χ1) is 10.9. The van der Waals surface area contributed by atoms with Gasteiger partial charge in [0.1, 0.15) is 6.33 Å². The Balaban J connectivity index is 1.64. The molecule has 22 heavy (non-hydrogen) atoms. The summed E-state index contributed by atoms with van der Waals surface area (Å²) in [6.45, 7) is 1.80. The molecule has 0 N–H and O–H groups in total. The van der Waals surface area contributed by atoms with Gasteiger partial charge in [0.25, 0.3) is 0 Å². The summed E-state index contributed by atoms with van der Waals surface area (Å²) in [4.78, 5) is 15.5. The molecule has 108 valence electrons. The van der Waals surface area contributed by atoms with Crippen LogP contribution in [-0.4, -0.2) is 21.5 Å². The average Bonchev–Trinajstić information content (AvgIpc) is 2.62. The quantitative estimate of drug-likeness (QED) is 0.726. The minimum Gasteiger partial charge on any atom is -0.336 e. The van der Waals surface area contributed by atoms with Crippen molar-refractivity contribution < 1.29 is 0 Å². The van der Waals surface area contributed by atoms with Gasteiger partial charge in [0, 0.05) is 18.7 Å². The van der Waals surface area contributed by atoms with Gasteiger partial charge in [0.05, 0.1) is 0 Å². The van der Waals surface area contributed by atoms with E-state index in [0.29, 0.717) is 0 Å². The molecule has 0 amide bonds. The van der Waals surface area contributed by atoms with Crippen LogP contribution in [-0.2, 0) is 13.0 Å². The minimum atomic E-state index is 0.726. The van der Waals surface area contributed by atoms with Crippen LogP contribution in [0.2, 0.25) is 0 Å². The lowest BCUT2D eigenvalue weighted by atomic mass is 10.0. The largest absolute Gasteiger partial charge is 0.336 e. The molecule has 0 saturated carbocycles. The highest BCUT2D eigenvalue weighted by Crippen LogP contribution is 2.23. The maximum absolute atomic E-state index is 4.64. The number of hydrogen-bond acceptors (Lipinski definition) is 4. The number of hydrogen-bond donors (Lipinski definition) is 0. The highest BCUT2D eigenvalue weighted by atomic mass is 15.3. The molecule has 0 saturated heterocycles. The number of anilines is 1.